The van der Waals surface area contributed by atoms with Crippen molar-refractivity contribution in [3.63, 3.8) is 0 Å². The summed E-state index contributed by atoms with van der Waals surface area (Å²) in [5, 5.41) is 12.9. The number of halogens is 1. The molecular formula is C13H11ClN2O3S. The summed E-state index contributed by atoms with van der Waals surface area (Å²) >= 11 is 7.63. The zero-order chi connectivity index (χ0) is 14.4. The summed E-state index contributed by atoms with van der Waals surface area (Å²) in [5.74, 6) is -2.24. The standard InChI is InChI=1S/C13H11ClN2O3S/c1-5-15-10-3-8(14)9(4-11(10)20-5)16-12(17)6-2-7(6)13(18)19/h3-4,6-7H,2H2,1H3,(H,16,17)(H,18,19)/t6-,7+/m1/s1. The van der Waals surface area contributed by atoms with E-state index in [2.05, 4.69) is 10.3 Å². The molecule has 0 aliphatic heterocycles. The summed E-state index contributed by atoms with van der Waals surface area (Å²) in [5.41, 5.74) is 1.30. The van der Waals surface area contributed by atoms with E-state index in [0.717, 1.165) is 15.2 Å². The number of thiazole rings is 1. The van der Waals surface area contributed by atoms with Crippen molar-refractivity contribution < 1.29 is 14.7 Å². The molecular weight excluding hydrogens is 300 g/mol. The van der Waals surface area contributed by atoms with E-state index in [1.807, 2.05) is 6.92 Å². The molecule has 1 fully saturated rings. The molecule has 0 saturated heterocycles. The predicted molar refractivity (Wildman–Crippen MR) is 77.2 cm³/mol. The summed E-state index contributed by atoms with van der Waals surface area (Å²) < 4.78 is 0.938. The number of nitrogens with zero attached hydrogens (tertiary/aromatic N) is 1. The first-order valence-corrected chi connectivity index (χ1v) is 7.25. The van der Waals surface area contributed by atoms with E-state index in [1.54, 1.807) is 12.1 Å². The van der Waals surface area contributed by atoms with Gasteiger partial charge in [-0.1, -0.05) is 11.6 Å². The molecule has 104 valence electrons. The second kappa shape index (κ2) is 4.71. The van der Waals surface area contributed by atoms with Crippen molar-refractivity contribution >= 4 is 50.7 Å². The van der Waals surface area contributed by atoms with Gasteiger partial charge >= 0.3 is 5.97 Å². The summed E-state index contributed by atoms with van der Waals surface area (Å²) in [6, 6.07) is 3.48. The highest BCUT2D eigenvalue weighted by molar-refractivity contribution is 7.18. The number of aliphatic carboxylic acids is 1. The van der Waals surface area contributed by atoms with Gasteiger partial charge in [-0.25, -0.2) is 4.98 Å². The monoisotopic (exact) mass is 310 g/mol. The highest BCUT2D eigenvalue weighted by atomic mass is 35.5. The third-order valence-corrected chi connectivity index (χ3v) is 4.53. The van der Waals surface area contributed by atoms with Crippen molar-refractivity contribution in [2.75, 3.05) is 5.32 Å². The van der Waals surface area contributed by atoms with Crippen LogP contribution in [0.5, 0.6) is 0 Å². The molecule has 0 unspecified atom stereocenters. The molecule has 2 N–H and O–H groups in total. The SMILES string of the molecule is Cc1nc2cc(Cl)c(NC(=O)[C@@H]3C[C@@H]3C(=O)O)cc2s1. The molecule has 1 aromatic heterocycles. The summed E-state index contributed by atoms with van der Waals surface area (Å²) in [6.07, 6.45) is 0.390. The summed E-state index contributed by atoms with van der Waals surface area (Å²) in [4.78, 5) is 27.0. The minimum atomic E-state index is -0.926. The maximum absolute atomic E-state index is 11.9. The van der Waals surface area contributed by atoms with Crippen molar-refractivity contribution in [1.29, 1.82) is 0 Å². The van der Waals surface area contributed by atoms with Crippen LogP contribution in [-0.2, 0) is 9.59 Å². The molecule has 20 heavy (non-hydrogen) atoms. The Morgan fingerprint density at radius 1 is 1.45 bits per heavy atom. The van der Waals surface area contributed by atoms with E-state index < -0.39 is 17.8 Å². The van der Waals surface area contributed by atoms with Crippen LogP contribution in [0.25, 0.3) is 10.2 Å². The van der Waals surface area contributed by atoms with Gasteiger partial charge in [0.25, 0.3) is 0 Å². The number of fused-ring (bicyclic) bond motifs is 1. The van der Waals surface area contributed by atoms with E-state index in [0.29, 0.717) is 17.1 Å². The minimum Gasteiger partial charge on any atom is -0.481 e. The maximum atomic E-state index is 11.9. The molecule has 0 spiro atoms. The first-order chi connectivity index (χ1) is 9.45. The fourth-order valence-electron chi connectivity index (χ4n) is 2.14. The Hall–Kier alpha value is -1.66. The van der Waals surface area contributed by atoms with Gasteiger partial charge in [0, 0.05) is 0 Å². The molecule has 1 heterocycles. The van der Waals surface area contributed by atoms with Crippen LogP contribution in [0.15, 0.2) is 12.1 Å². The quantitative estimate of drug-likeness (QED) is 0.913. The Morgan fingerprint density at radius 3 is 2.85 bits per heavy atom. The van der Waals surface area contributed by atoms with Crippen LogP contribution >= 0.6 is 22.9 Å². The fourth-order valence-corrected chi connectivity index (χ4v) is 3.20. The van der Waals surface area contributed by atoms with Gasteiger partial charge in [-0.15, -0.1) is 11.3 Å². The molecule has 2 aromatic rings. The lowest BCUT2D eigenvalue weighted by atomic mass is 10.2. The van der Waals surface area contributed by atoms with Gasteiger partial charge in [0.2, 0.25) is 5.91 Å². The molecule has 0 bridgehead atoms. The molecule has 7 heteroatoms. The number of nitrogens with one attached hydrogen (secondary N) is 1. The molecule has 1 aliphatic carbocycles. The van der Waals surface area contributed by atoms with Crippen LogP contribution in [0.4, 0.5) is 5.69 Å². The zero-order valence-electron chi connectivity index (χ0n) is 10.5. The van der Waals surface area contributed by atoms with E-state index in [1.165, 1.54) is 11.3 Å². The lowest BCUT2D eigenvalue weighted by Crippen LogP contribution is -2.17. The van der Waals surface area contributed by atoms with Crippen LogP contribution in [-0.4, -0.2) is 22.0 Å². The normalized spacial score (nSPS) is 20.9. The topological polar surface area (TPSA) is 79.3 Å². The van der Waals surface area contributed by atoms with Crippen LogP contribution in [0.2, 0.25) is 5.02 Å². The van der Waals surface area contributed by atoms with Crippen molar-refractivity contribution in [3.05, 3.63) is 22.2 Å². The minimum absolute atomic E-state index is 0.292. The molecule has 1 aliphatic rings. The van der Waals surface area contributed by atoms with Gasteiger partial charge in [-0.05, 0) is 25.5 Å². The average Bonchev–Trinajstić information content (AvgIpc) is 3.08. The second-order valence-electron chi connectivity index (χ2n) is 4.81. The van der Waals surface area contributed by atoms with Crippen molar-refractivity contribution in [2.24, 2.45) is 11.8 Å². The molecule has 1 saturated carbocycles. The van der Waals surface area contributed by atoms with E-state index in [-0.39, 0.29) is 5.91 Å². The first-order valence-electron chi connectivity index (χ1n) is 6.06. The van der Waals surface area contributed by atoms with Gasteiger partial charge in [-0.2, -0.15) is 0 Å². The number of aromatic nitrogens is 1. The molecule has 5 nitrogen and oxygen atoms in total. The molecule has 1 aromatic carbocycles. The largest absolute Gasteiger partial charge is 0.481 e. The van der Waals surface area contributed by atoms with Gasteiger partial charge in [-0.3, -0.25) is 9.59 Å². The van der Waals surface area contributed by atoms with E-state index in [4.69, 9.17) is 16.7 Å². The van der Waals surface area contributed by atoms with Crippen molar-refractivity contribution in [1.82, 2.24) is 4.98 Å². The van der Waals surface area contributed by atoms with E-state index >= 15 is 0 Å². The average molecular weight is 311 g/mol. The van der Waals surface area contributed by atoms with E-state index in [9.17, 15) is 9.59 Å². The smallest absolute Gasteiger partial charge is 0.307 e. The van der Waals surface area contributed by atoms with Gasteiger partial charge < -0.3 is 10.4 Å². The Kier molecular flexibility index (Phi) is 3.14. The molecule has 2 atom stereocenters. The number of carbonyl (C=O) groups excluding carboxylic acids is 1. The number of benzene rings is 1. The number of carbonyl (C=O) groups is 2. The third-order valence-electron chi connectivity index (χ3n) is 3.29. The highest BCUT2D eigenvalue weighted by Gasteiger charge is 2.48. The lowest BCUT2D eigenvalue weighted by Gasteiger charge is -2.06. The number of rotatable bonds is 3. The van der Waals surface area contributed by atoms with Gasteiger partial charge in [0.15, 0.2) is 0 Å². The lowest BCUT2D eigenvalue weighted by molar-refractivity contribution is -0.139. The van der Waals surface area contributed by atoms with Gasteiger partial charge in [0.1, 0.15) is 0 Å². The van der Waals surface area contributed by atoms with Crippen LogP contribution in [0.3, 0.4) is 0 Å². The Labute approximate surface area is 123 Å². The molecule has 3 rings (SSSR count). The predicted octanol–water partition coefficient (Wildman–Crippen LogP) is 2.92. The number of anilines is 1. The van der Waals surface area contributed by atoms with Gasteiger partial charge in [0.05, 0.1) is 37.8 Å². The van der Waals surface area contributed by atoms with Crippen molar-refractivity contribution in [3.8, 4) is 0 Å². The number of hydrogen-bond acceptors (Lipinski definition) is 4. The number of aryl methyl sites for hydroxylation is 1. The van der Waals surface area contributed by atoms with Crippen LogP contribution < -0.4 is 5.32 Å². The summed E-state index contributed by atoms with van der Waals surface area (Å²) in [6.45, 7) is 1.90. The Bertz CT molecular complexity index is 728. The van der Waals surface area contributed by atoms with Crippen molar-refractivity contribution in [2.45, 2.75) is 13.3 Å². The number of hydrogen-bond donors (Lipinski definition) is 2. The summed E-state index contributed by atoms with van der Waals surface area (Å²) in [7, 11) is 0. The number of carboxylic acid groups (broad SMARTS) is 1. The maximum Gasteiger partial charge on any atom is 0.307 e. The van der Waals surface area contributed by atoms with Crippen LogP contribution in [0, 0.1) is 18.8 Å². The fraction of sp³-hybridized carbons (Fsp3) is 0.308. The Morgan fingerprint density at radius 2 is 2.20 bits per heavy atom. The zero-order valence-corrected chi connectivity index (χ0v) is 12.1. The Balaban J connectivity index is 1.82. The van der Waals surface area contributed by atoms with Crippen LogP contribution in [0.1, 0.15) is 11.4 Å². The molecule has 1 amide bonds. The highest BCUT2D eigenvalue weighted by Crippen LogP contribution is 2.40. The number of carboxylic acids is 1. The second-order valence-corrected chi connectivity index (χ2v) is 6.45. The third kappa shape index (κ3) is 2.36. The number of amides is 1. The first kappa shape index (κ1) is 13.3. The molecule has 0 radical (unpaired) electrons.